The fourth-order valence-corrected chi connectivity index (χ4v) is 1.53. The molecule has 2 aromatic rings. The summed E-state index contributed by atoms with van der Waals surface area (Å²) in [5.74, 6) is 0.207. The van der Waals surface area contributed by atoms with Crippen molar-refractivity contribution >= 4 is 11.9 Å². The second-order valence-corrected chi connectivity index (χ2v) is 4.16. The van der Waals surface area contributed by atoms with Gasteiger partial charge in [-0.05, 0) is 37.1 Å². The molecule has 0 aliphatic carbocycles. The molecule has 0 amide bonds. The van der Waals surface area contributed by atoms with Gasteiger partial charge in [-0.2, -0.15) is 0 Å². The van der Waals surface area contributed by atoms with E-state index in [1.807, 2.05) is 50.2 Å². The topological polar surface area (TPSA) is 32.6 Å². The summed E-state index contributed by atoms with van der Waals surface area (Å²) in [6.45, 7) is 4.03. The van der Waals surface area contributed by atoms with Crippen LogP contribution in [0.15, 0.2) is 47.5 Å². The SMILES string of the molecule is Cc1ccc(C=Nc2cc(C)ccc2O)cc1. The minimum atomic E-state index is 0.207. The molecule has 0 saturated carbocycles. The highest BCUT2D eigenvalue weighted by atomic mass is 16.3. The van der Waals surface area contributed by atoms with E-state index in [9.17, 15) is 5.11 Å². The average Bonchev–Trinajstić information content (AvgIpc) is 2.32. The van der Waals surface area contributed by atoms with Crippen LogP contribution in [0.25, 0.3) is 0 Å². The van der Waals surface area contributed by atoms with Crippen LogP contribution in [0.4, 0.5) is 5.69 Å². The molecular formula is C15H15NO. The third-order valence-electron chi connectivity index (χ3n) is 2.56. The molecule has 2 rings (SSSR count). The molecule has 2 aromatic carbocycles. The van der Waals surface area contributed by atoms with E-state index in [0.29, 0.717) is 5.69 Å². The van der Waals surface area contributed by atoms with E-state index in [1.165, 1.54) is 5.56 Å². The van der Waals surface area contributed by atoms with Gasteiger partial charge in [0.15, 0.2) is 0 Å². The summed E-state index contributed by atoms with van der Waals surface area (Å²) in [6.07, 6.45) is 1.76. The van der Waals surface area contributed by atoms with Crippen LogP contribution < -0.4 is 0 Å². The van der Waals surface area contributed by atoms with Crippen LogP contribution in [0.1, 0.15) is 16.7 Å². The molecule has 0 aliphatic rings. The molecule has 0 bridgehead atoms. The zero-order valence-corrected chi connectivity index (χ0v) is 10.0. The minimum absolute atomic E-state index is 0.207. The highest BCUT2D eigenvalue weighted by molar-refractivity contribution is 5.82. The van der Waals surface area contributed by atoms with Crippen LogP contribution in [-0.4, -0.2) is 11.3 Å². The summed E-state index contributed by atoms with van der Waals surface area (Å²) < 4.78 is 0. The molecule has 2 heteroatoms. The van der Waals surface area contributed by atoms with Crippen molar-refractivity contribution in [3.05, 3.63) is 59.2 Å². The second kappa shape index (κ2) is 4.83. The van der Waals surface area contributed by atoms with E-state index in [1.54, 1.807) is 12.3 Å². The number of aromatic hydroxyl groups is 1. The number of phenols is 1. The Morgan fingerprint density at radius 3 is 2.29 bits per heavy atom. The molecule has 0 aromatic heterocycles. The Hall–Kier alpha value is -2.09. The molecule has 0 saturated heterocycles. The van der Waals surface area contributed by atoms with Crippen LogP contribution >= 0.6 is 0 Å². The van der Waals surface area contributed by atoms with E-state index in [0.717, 1.165) is 11.1 Å². The number of benzene rings is 2. The molecule has 0 fully saturated rings. The Morgan fingerprint density at radius 2 is 1.59 bits per heavy atom. The third-order valence-corrected chi connectivity index (χ3v) is 2.56. The van der Waals surface area contributed by atoms with Crippen molar-refractivity contribution in [3.63, 3.8) is 0 Å². The van der Waals surface area contributed by atoms with Gasteiger partial charge < -0.3 is 5.11 Å². The summed E-state index contributed by atoms with van der Waals surface area (Å²) >= 11 is 0. The van der Waals surface area contributed by atoms with Gasteiger partial charge in [0.25, 0.3) is 0 Å². The first kappa shape index (κ1) is 11.4. The normalized spacial score (nSPS) is 10.9. The van der Waals surface area contributed by atoms with Crippen molar-refractivity contribution < 1.29 is 5.11 Å². The maximum Gasteiger partial charge on any atom is 0.141 e. The van der Waals surface area contributed by atoms with E-state index in [2.05, 4.69) is 4.99 Å². The lowest BCUT2D eigenvalue weighted by Crippen LogP contribution is -1.81. The Morgan fingerprint density at radius 1 is 0.941 bits per heavy atom. The highest BCUT2D eigenvalue weighted by Gasteiger charge is 1.98. The number of nitrogens with zero attached hydrogens (tertiary/aromatic N) is 1. The molecule has 0 heterocycles. The van der Waals surface area contributed by atoms with Crippen LogP contribution in [0, 0.1) is 13.8 Å². The van der Waals surface area contributed by atoms with Gasteiger partial charge in [0.2, 0.25) is 0 Å². The number of hydrogen-bond acceptors (Lipinski definition) is 2. The van der Waals surface area contributed by atoms with Crippen LogP contribution in [0.5, 0.6) is 5.75 Å². The van der Waals surface area contributed by atoms with Gasteiger partial charge >= 0.3 is 0 Å². The number of aryl methyl sites for hydroxylation is 2. The quantitative estimate of drug-likeness (QED) is 0.775. The molecule has 17 heavy (non-hydrogen) atoms. The molecule has 0 aliphatic heterocycles. The molecule has 2 nitrogen and oxygen atoms in total. The predicted octanol–water partition coefficient (Wildman–Crippen LogP) is 3.76. The van der Waals surface area contributed by atoms with Crippen molar-refractivity contribution in [1.82, 2.24) is 0 Å². The average molecular weight is 225 g/mol. The van der Waals surface area contributed by atoms with E-state index in [4.69, 9.17) is 0 Å². The molecule has 86 valence electrons. The first-order valence-corrected chi connectivity index (χ1v) is 5.55. The summed E-state index contributed by atoms with van der Waals surface area (Å²) in [4.78, 5) is 4.29. The molecule has 0 spiro atoms. The van der Waals surface area contributed by atoms with Gasteiger partial charge in [0, 0.05) is 6.21 Å². The summed E-state index contributed by atoms with van der Waals surface area (Å²) in [5, 5.41) is 9.64. The van der Waals surface area contributed by atoms with Gasteiger partial charge in [0.05, 0.1) is 0 Å². The Balaban J connectivity index is 2.25. The lowest BCUT2D eigenvalue weighted by Gasteiger charge is -2.00. The second-order valence-electron chi connectivity index (χ2n) is 4.16. The Bertz CT molecular complexity index is 541. The minimum Gasteiger partial charge on any atom is -0.506 e. The Kier molecular flexibility index (Phi) is 3.24. The molecular weight excluding hydrogens is 210 g/mol. The number of phenolic OH excluding ortho intramolecular Hbond substituents is 1. The van der Waals surface area contributed by atoms with Gasteiger partial charge in [-0.3, -0.25) is 4.99 Å². The maximum atomic E-state index is 9.64. The van der Waals surface area contributed by atoms with Gasteiger partial charge in [-0.15, -0.1) is 0 Å². The standard InChI is InChI=1S/C15H15NO/c1-11-3-6-13(7-4-11)10-16-14-9-12(2)5-8-15(14)17/h3-10,17H,1-2H3. The fourth-order valence-electron chi connectivity index (χ4n) is 1.53. The molecule has 1 N–H and O–H groups in total. The van der Waals surface area contributed by atoms with Crippen molar-refractivity contribution in [2.24, 2.45) is 4.99 Å². The molecule has 0 radical (unpaired) electrons. The van der Waals surface area contributed by atoms with Gasteiger partial charge in [0.1, 0.15) is 11.4 Å². The first-order valence-electron chi connectivity index (χ1n) is 5.55. The number of rotatable bonds is 2. The maximum absolute atomic E-state index is 9.64. The van der Waals surface area contributed by atoms with E-state index < -0.39 is 0 Å². The lowest BCUT2D eigenvalue weighted by atomic mass is 10.2. The summed E-state index contributed by atoms with van der Waals surface area (Å²) in [6, 6.07) is 13.5. The Labute approximate surface area is 101 Å². The zero-order chi connectivity index (χ0) is 12.3. The summed E-state index contributed by atoms with van der Waals surface area (Å²) in [5.41, 5.74) is 3.93. The predicted molar refractivity (Wildman–Crippen MR) is 71.3 cm³/mol. The highest BCUT2D eigenvalue weighted by Crippen LogP contribution is 2.26. The smallest absolute Gasteiger partial charge is 0.141 e. The van der Waals surface area contributed by atoms with Crippen LogP contribution in [0.3, 0.4) is 0 Å². The van der Waals surface area contributed by atoms with Crippen molar-refractivity contribution in [3.8, 4) is 5.75 Å². The zero-order valence-electron chi connectivity index (χ0n) is 10.0. The van der Waals surface area contributed by atoms with Gasteiger partial charge in [-0.25, -0.2) is 0 Å². The number of aliphatic imine (C=N–C) groups is 1. The monoisotopic (exact) mass is 225 g/mol. The van der Waals surface area contributed by atoms with Crippen molar-refractivity contribution in [2.75, 3.05) is 0 Å². The van der Waals surface area contributed by atoms with E-state index >= 15 is 0 Å². The summed E-state index contributed by atoms with van der Waals surface area (Å²) in [7, 11) is 0. The van der Waals surface area contributed by atoms with E-state index in [-0.39, 0.29) is 5.75 Å². The lowest BCUT2D eigenvalue weighted by molar-refractivity contribution is 0.477. The van der Waals surface area contributed by atoms with Crippen LogP contribution in [0.2, 0.25) is 0 Å². The number of hydrogen-bond donors (Lipinski definition) is 1. The largest absolute Gasteiger partial charge is 0.506 e. The first-order chi connectivity index (χ1) is 8.15. The third kappa shape index (κ3) is 2.94. The fraction of sp³-hybridized carbons (Fsp3) is 0.133. The molecule has 0 atom stereocenters. The van der Waals surface area contributed by atoms with Crippen LogP contribution in [-0.2, 0) is 0 Å². The van der Waals surface area contributed by atoms with Crippen molar-refractivity contribution in [2.45, 2.75) is 13.8 Å². The van der Waals surface area contributed by atoms with Crippen molar-refractivity contribution in [1.29, 1.82) is 0 Å². The molecule has 0 unspecified atom stereocenters. The van der Waals surface area contributed by atoms with Gasteiger partial charge in [-0.1, -0.05) is 35.9 Å².